The van der Waals surface area contributed by atoms with E-state index in [0.717, 1.165) is 24.3 Å². The largest absolute Gasteiger partial charge is 0.486 e. The molecule has 0 radical (unpaired) electrons. The maximum atomic E-state index is 14.8. The topological polar surface area (TPSA) is 47.7 Å². The number of likely N-dealkylation sites (tertiary alicyclic amines) is 1. The van der Waals surface area contributed by atoms with Crippen LogP contribution in [0.25, 0.3) is 0 Å². The van der Waals surface area contributed by atoms with Crippen LogP contribution < -0.4 is 15.2 Å². The molecule has 22 heavy (non-hydrogen) atoms. The Labute approximate surface area is 131 Å². The second-order valence-corrected chi connectivity index (χ2v) is 6.85. The molecule has 0 aromatic heterocycles. The number of halogens is 1. The van der Waals surface area contributed by atoms with Gasteiger partial charge in [0.25, 0.3) is 0 Å². The van der Waals surface area contributed by atoms with Gasteiger partial charge in [0.15, 0.2) is 11.5 Å². The van der Waals surface area contributed by atoms with Crippen molar-refractivity contribution in [3.05, 3.63) is 23.3 Å². The quantitative estimate of drug-likeness (QED) is 0.932. The highest BCUT2D eigenvalue weighted by Crippen LogP contribution is 2.45. The molecular weight excluding hydrogens is 283 g/mol. The van der Waals surface area contributed by atoms with E-state index in [1.165, 1.54) is 0 Å². The summed E-state index contributed by atoms with van der Waals surface area (Å²) >= 11 is 0. The predicted molar refractivity (Wildman–Crippen MR) is 84.1 cm³/mol. The van der Waals surface area contributed by atoms with E-state index in [1.807, 2.05) is 12.1 Å². The van der Waals surface area contributed by atoms with Gasteiger partial charge in [-0.25, -0.2) is 4.39 Å². The number of nitrogens with zero attached hydrogens (tertiary/aromatic N) is 1. The Hall–Kier alpha value is -1.33. The zero-order chi connectivity index (χ0) is 15.9. The molecule has 2 aliphatic rings. The molecule has 2 heterocycles. The summed E-state index contributed by atoms with van der Waals surface area (Å²) in [6, 6.07) is 3.95. The third-order valence-corrected chi connectivity index (χ3v) is 4.68. The zero-order valence-corrected chi connectivity index (χ0v) is 13.6. The molecule has 0 amide bonds. The fraction of sp³-hybridized carbons (Fsp3) is 0.647. The SMILES string of the molecule is CN1CC(CN)CC1c1cc2c(cc1C(C)(C)F)OCCO2. The third-order valence-electron chi connectivity index (χ3n) is 4.68. The fourth-order valence-corrected chi connectivity index (χ4v) is 3.53. The maximum Gasteiger partial charge on any atom is 0.161 e. The van der Waals surface area contributed by atoms with Gasteiger partial charge in [0.05, 0.1) is 0 Å². The molecule has 2 N–H and O–H groups in total. The average molecular weight is 308 g/mol. The Morgan fingerprint density at radius 1 is 1.27 bits per heavy atom. The van der Waals surface area contributed by atoms with Crippen LogP contribution in [0.1, 0.15) is 37.4 Å². The first-order valence-corrected chi connectivity index (χ1v) is 7.93. The summed E-state index contributed by atoms with van der Waals surface area (Å²) in [5.41, 5.74) is 6.08. The van der Waals surface area contributed by atoms with Crippen LogP contribution in [0.4, 0.5) is 4.39 Å². The Morgan fingerprint density at radius 2 is 1.91 bits per heavy atom. The smallest absolute Gasteiger partial charge is 0.161 e. The minimum atomic E-state index is -1.42. The average Bonchev–Trinajstić information content (AvgIpc) is 2.86. The Balaban J connectivity index is 2.05. The molecule has 3 rings (SSSR count). The summed E-state index contributed by atoms with van der Waals surface area (Å²) in [6.07, 6.45) is 0.954. The number of alkyl halides is 1. The van der Waals surface area contributed by atoms with E-state index in [9.17, 15) is 4.39 Å². The minimum absolute atomic E-state index is 0.175. The summed E-state index contributed by atoms with van der Waals surface area (Å²) in [5.74, 6) is 1.82. The van der Waals surface area contributed by atoms with Crippen molar-refractivity contribution < 1.29 is 13.9 Å². The van der Waals surface area contributed by atoms with Gasteiger partial charge >= 0.3 is 0 Å². The number of hydrogen-bond donors (Lipinski definition) is 1. The Bertz CT molecular complexity index is 556. The molecule has 122 valence electrons. The van der Waals surface area contributed by atoms with Gasteiger partial charge in [-0.05, 0) is 63.0 Å². The Kier molecular flexibility index (Phi) is 4.03. The van der Waals surface area contributed by atoms with E-state index in [1.54, 1.807) is 13.8 Å². The Morgan fingerprint density at radius 3 is 2.45 bits per heavy atom. The van der Waals surface area contributed by atoms with Gasteiger partial charge in [-0.15, -0.1) is 0 Å². The van der Waals surface area contributed by atoms with Gasteiger partial charge in [0.2, 0.25) is 0 Å². The summed E-state index contributed by atoms with van der Waals surface area (Å²) in [4.78, 5) is 2.26. The molecular formula is C17H25FN2O2. The van der Waals surface area contributed by atoms with E-state index in [2.05, 4.69) is 11.9 Å². The van der Waals surface area contributed by atoms with Crippen molar-refractivity contribution in [1.82, 2.24) is 4.90 Å². The number of ether oxygens (including phenoxy) is 2. The number of hydrogen-bond acceptors (Lipinski definition) is 4. The van der Waals surface area contributed by atoms with Crippen molar-refractivity contribution in [2.75, 3.05) is 33.4 Å². The standard InChI is InChI=1S/C17H25FN2O2/c1-17(2,18)13-8-16-15(21-4-5-22-16)7-12(13)14-6-11(9-19)10-20(14)3/h7-8,11,14H,4-6,9-10,19H2,1-3H3. The minimum Gasteiger partial charge on any atom is -0.486 e. The van der Waals surface area contributed by atoms with E-state index >= 15 is 0 Å². The van der Waals surface area contributed by atoms with Crippen LogP contribution in [-0.2, 0) is 5.67 Å². The first-order chi connectivity index (χ1) is 10.4. The number of rotatable bonds is 3. The molecule has 4 nitrogen and oxygen atoms in total. The molecule has 2 atom stereocenters. The summed E-state index contributed by atoms with van der Waals surface area (Å²) in [6.45, 7) is 5.85. The van der Waals surface area contributed by atoms with Gasteiger partial charge in [-0.3, -0.25) is 4.90 Å². The van der Waals surface area contributed by atoms with E-state index in [0.29, 0.717) is 37.0 Å². The molecule has 0 spiro atoms. The van der Waals surface area contributed by atoms with Crippen LogP contribution in [0.5, 0.6) is 11.5 Å². The van der Waals surface area contributed by atoms with Gasteiger partial charge in [-0.1, -0.05) is 0 Å². The van der Waals surface area contributed by atoms with E-state index in [-0.39, 0.29) is 6.04 Å². The maximum absolute atomic E-state index is 14.8. The molecule has 1 saturated heterocycles. The molecule has 2 aliphatic heterocycles. The van der Waals surface area contributed by atoms with Crippen LogP contribution in [0.15, 0.2) is 12.1 Å². The van der Waals surface area contributed by atoms with Crippen LogP contribution in [-0.4, -0.2) is 38.3 Å². The number of fused-ring (bicyclic) bond motifs is 1. The first-order valence-electron chi connectivity index (χ1n) is 7.93. The molecule has 1 aromatic carbocycles. The van der Waals surface area contributed by atoms with E-state index in [4.69, 9.17) is 15.2 Å². The lowest BCUT2D eigenvalue weighted by Gasteiger charge is -2.29. The summed E-state index contributed by atoms with van der Waals surface area (Å²) < 4.78 is 26.1. The molecule has 2 unspecified atom stereocenters. The molecule has 1 aromatic rings. The van der Waals surface area contributed by atoms with Crippen molar-refractivity contribution in [3.8, 4) is 11.5 Å². The second kappa shape index (κ2) is 5.70. The highest BCUT2D eigenvalue weighted by Gasteiger charge is 2.35. The van der Waals surface area contributed by atoms with Gasteiger partial charge in [-0.2, -0.15) is 0 Å². The second-order valence-electron chi connectivity index (χ2n) is 6.85. The lowest BCUT2D eigenvalue weighted by molar-refractivity contribution is 0.167. The summed E-state index contributed by atoms with van der Waals surface area (Å²) in [5, 5.41) is 0. The first kappa shape index (κ1) is 15.6. The highest BCUT2D eigenvalue weighted by molar-refractivity contribution is 5.51. The van der Waals surface area contributed by atoms with Crippen LogP contribution in [0, 0.1) is 5.92 Å². The number of benzene rings is 1. The van der Waals surface area contributed by atoms with E-state index < -0.39 is 5.67 Å². The van der Waals surface area contributed by atoms with Crippen molar-refractivity contribution in [2.24, 2.45) is 11.7 Å². The molecule has 0 bridgehead atoms. The van der Waals surface area contributed by atoms with Gasteiger partial charge in [0, 0.05) is 12.6 Å². The monoisotopic (exact) mass is 308 g/mol. The van der Waals surface area contributed by atoms with Crippen molar-refractivity contribution in [1.29, 1.82) is 0 Å². The van der Waals surface area contributed by atoms with Crippen molar-refractivity contribution in [2.45, 2.75) is 32.0 Å². The molecule has 0 aliphatic carbocycles. The molecule has 0 saturated carbocycles. The fourth-order valence-electron chi connectivity index (χ4n) is 3.53. The van der Waals surface area contributed by atoms with Crippen molar-refractivity contribution >= 4 is 0 Å². The lowest BCUT2D eigenvalue weighted by atomic mass is 9.88. The highest BCUT2D eigenvalue weighted by atomic mass is 19.1. The number of nitrogens with two attached hydrogens (primary N) is 1. The molecule has 1 fully saturated rings. The van der Waals surface area contributed by atoms with Gasteiger partial charge < -0.3 is 15.2 Å². The summed E-state index contributed by atoms with van der Waals surface area (Å²) in [7, 11) is 2.08. The molecule has 5 heteroatoms. The predicted octanol–water partition coefficient (Wildman–Crippen LogP) is 2.61. The lowest BCUT2D eigenvalue weighted by Crippen LogP contribution is -2.24. The normalized spacial score (nSPS) is 25.5. The van der Waals surface area contributed by atoms with Crippen LogP contribution >= 0.6 is 0 Å². The zero-order valence-electron chi connectivity index (χ0n) is 13.6. The third kappa shape index (κ3) is 2.79. The van der Waals surface area contributed by atoms with Crippen LogP contribution in [0.2, 0.25) is 0 Å². The van der Waals surface area contributed by atoms with Crippen LogP contribution in [0.3, 0.4) is 0 Å². The van der Waals surface area contributed by atoms with Crippen molar-refractivity contribution in [3.63, 3.8) is 0 Å². The van der Waals surface area contributed by atoms with Gasteiger partial charge in [0.1, 0.15) is 18.9 Å².